The van der Waals surface area contributed by atoms with Crippen molar-refractivity contribution in [2.75, 3.05) is 0 Å². The molecule has 0 atom stereocenters. The standard InChI is InChI=1S/2CHF3O3S.2ClH.Zr/c2*2-1(3,4)8(5,6)7;;;/h2*(H,5,6,7);2*1H;/q;;;;+4/p-4. The van der Waals surface area contributed by atoms with Gasteiger partial charge in [0.15, 0.2) is 20.2 Å². The molecular weight excluding hydrogens is 460 g/mol. The minimum absolute atomic E-state index is 0.826. The summed E-state index contributed by atoms with van der Waals surface area (Å²) in [6, 6.07) is 0. The van der Waals surface area contributed by atoms with Crippen molar-refractivity contribution in [3.05, 3.63) is 0 Å². The number of rotatable bonds is 0. The number of alkyl halides is 6. The maximum absolute atomic E-state index is 10.7. The molecule has 0 heterocycles. The van der Waals surface area contributed by atoms with Crippen LogP contribution in [-0.2, 0) is 41.1 Å². The van der Waals surface area contributed by atoms with Gasteiger partial charge in [-0.2, -0.15) is 26.3 Å². The molecule has 0 amide bonds. The summed E-state index contributed by atoms with van der Waals surface area (Å²) in [5.74, 6) is 0. The van der Waals surface area contributed by atoms with Crippen molar-refractivity contribution >= 4 is 37.3 Å². The fourth-order valence-corrected chi connectivity index (χ4v) is 0. The Morgan fingerprint density at radius 3 is 0.789 bits per heavy atom. The van der Waals surface area contributed by atoms with E-state index in [2.05, 4.69) is 0 Å². The average Bonchev–Trinajstić information content (AvgIpc) is 1.97. The summed E-state index contributed by atoms with van der Waals surface area (Å²) in [6.45, 7) is 0. The summed E-state index contributed by atoms with van der Waals surface area (Å²) >= 11 is -0.826. The summed E-state index contributed by atoms with van der Waals surface area (Å²) < 4.78 is 118. The van der Waals surface area contributed by atoms with Crippen LogP contribution in [0.2, 0.25) is 0 Å². The van der Waals surface area contributed by atoms with E-state index in [1.54, 1.807) is 0 Å². The van der Waals surface area contributed by atoms with Crippen molar-refractivity contribution in [3.63, 3.8) is 0 Å². The van der Waals surface area contributed by atoms with E-state index in [9.17, 15) is 26.3 Å². The molecule has 0 rings (SSSR count). The molecule has 0 bridgehead atoms. The Hall–Kier alpha value is 0.863. The van der Waals surface area contributed by atoms with Crippen LogP contribution >= 0.6 is 17.0 Å². The molecule has 0 aromatic carbocycles. The van der Waals surface area contributed by atoms with Gasteiger partial charge in [0.05, 0.1) is 0 Å². The van der Waals surface area contributed by atoms with Gasteiger partial charge in [-0.3, -0.25) is 0 Å². The minimum atomic E-state index is -6.09. The van der Waals surface area contributed by atoms with Gasteiger partial charge in [0.2, 0.25) is 0 Å². The third kappa shape index (κ3) is 15.1. The SMILES string of the molecule is O=S(=O)([O-])C(F)(F)F.O=S(=O)([O-])C(F)(F)F.[Cl][Zr+2][Cl]. The summed E-state index contributed by atoms with van der Waals surface area (Å²) in [5.41, 5.74) is -11.3. The van der Waals surface area contributed by atoms with E-state index in [0.717, 1.165) is 0 Å². The van der Waals surface area contributed by atoms with Crippen LogP contribution in [0.5, 0.6) is 0 Å². The molecule has 0 aromatic rings. The number of halogens is 8. The Labute approximate surface area is 121 Å². The second-order valence-electron chi connectivity index (χ2n) is 1.87. The van der Waals surface area contributed by atoms with Crippen LogP contribution in [0.3, 0.4) is 0 Å². The third-order valence-corrected chi connectivity index (χ3v) is 1.70. The van der Waals surface area contributed by atoms with Gasteiger partial charge in [-0.15, -0.1) is 0 Å². The molecule has 6 nitrogen and oxygen atoms in total. The predicted octanol–water partition coefficient (Wildman–Crippen LogP) is 1.48. The molecule has 0 aliphatic heterocycles. The van der Waals surface area contributed by atoms with Crippen molar-refractivity contribution in [2.24, 2.45) is 0 Å². The van der Waals surface area contributed by atoms with Crippen LogP contribution in [0, 0.1) is 0 Å². The Kier molecular flexibility index (Phi) is 11.8. The summed E-state index contributed by atoms with van der Waals surface area (Å²) in [5, 5.41) is 0. The van der Waals surface area contributed by atoms with Crippen molar-refractivity contribution in [2.45, 2.75) is 11.0 Å². The Balaban J connectivity index is -0.000000224. The van der Waals surface area contributed by atoms with Gasteiger partial charge in [-0.25, -0.2) is 16.8 Å². The van der Waals surface area contributed by atoms with Crippen LogP contribution in [0.4, 0.5) is 26.3 Å². The quantitative estimate of drug-likeness (QED) is 0.307. The van der Waals surface area contributed by atoms with Crippen LogP contribution < -0.4 is 0 Å². The summed E-state index contributed by atoms with van der Waals surface area (Å²) in [6.07, 6.45) is 0. The molecule has 19 heavy (non-hydrogen) atoms. The van der Waals surface area contributed by atoms with E-state index >= 15 is 0 Å². The van der Waals surface area contributed by atoms with Crippen LogP contribution in [0.1, 0.15) is 0 Å². The monoisotopic (exact) mass is 458 g/mol. The Bertz CT molecular complexity index is 397. The first-order valence-electron chi connectivity index (χ1n) is 2.92. The van der Waals surface area contributed by atoms with Gasteiger partial charge >= 0.3 is 48.9 Å². The zero-order chi connectivity index (χ0) is 16.7. The van der Waals surface area contributed by atoms with Crippen molar-refractivity contribution in [3.8, 4) is 0 Å². The first-order valence-corrected chi connectivity index (χ1v) is 12.1. The van der Waals surface area contributed by atoms with E-state index in [0.29, 0.717) is 0 Å². The van der Waals surface area contributed by atoms with Crippen LogP contribution in [0.15, 0.2) is 0 Å². The molecular formula is C2Cl2F6O6S2Zr. The molecule has 0 aliphatic carbocycles. The van der Waals surface area contributed by atoms with Crippen molar-refractivity contribution < 1.29 is 73.1 Å². The molecule has 0 fully saturated rings. The fourth-order valence-electron chi connectivity index (χ4n) is 0. The zero-order valence-corrected chi connectivity index (χ0v) is 13.4. The van der Waals surface area contributed by atoms with Gasteiger partial charge in [0.1, 0.15) is 0 Å². The molecule has 0 radical (unpaired) electrons. The third-order valence-electron chi connectivity index (χ3n) is 0.567. The summed E-state index contributed by atoms with van der Waals surface area (Å²) in [7, 11) is -2.31. The van der Waals surface area contributed by atoms with Crippen molar-refractivity contribution in [1.29, 1.82) is 0 Å². The van der Waals surface area contributed by atoms with E-state index in [4.69, 9.17) is 43.0 Å². The molecule has 17 heteroatoms. The molecule has 0 unspecified atom stereocenters. The second kappa shape index (κ2) is 9.00. The van der Waals surface area contributed by atoms with Gasteiger partial charge in [0, 0.05) is 0 Å². The van der Waals surface area contributed by atoms with Gasteiger partial charge < -0.3 is 9.11 Å². The van der Waals surface area contributed by atoms with E-state index in [-0.39, 0.29) is 0 Å². The molecule has 0 saturated heterocycles. The Morgan fingerprint density at radius 2 is 0.789 bits per heavy atom. The normalized spacial score (nSPS) is 12.3. The predicted molar refractivity (Wildman–Crippen MR) is 43.2 cm³/mol. The number of hydrogen-bond acceptors (Lipinski definition) is 6. The Morgan fingerprint density at radius 1 is 0.737 bits per heavy atom. The van der Waals surface area contributed by atoms with E-state index in [1.165, 1.54) is 0 Å². The topological polar surface area (TPSA) is 114 Å². The van der Waals surface area contributed by atoms with Gasteiger partial charge in [0.25, 0.3) is 0 Å². The summed E-state index contributed by atoms with van der Waals surface area (Å²) in [4.78, 5) is 0. The zero-order valence-electron chi connectivity index (χ0n) is 7.79. The average molecular weight is 460 g/mol. The molecule has 116 valence electrons. The van der Waals surface area contributed by atoms with Gasteiger partial charge in [-0.1, -0.05) is 0 Å². The second-order valence-corrected chi connectivity index (χ2v) is 8.35. The molecule has 0 N–H and O–H groups in total. The number of hydrogen-bond donors (Lipinski definition) is 0. The fraction of sp³-hybridized carbons (Fsp3) is 1.00. The van der Waals surface area contributed by atoms with E-state index in [1.807, 2.05) is 0 Å². The maximum atomic E-state index is 10.7. The first-order chi connectivity index (χ1) is 7.91. The first kappa shape index (κ1) is 24.9. The molecule has 0 aliphatic rings. The van der Waals surface area contributed by atoms with Crippen LogP contribution in [0.25, 0.3) is 0 Å². The molecule has 0 saturated carbocycles. The molecule has 0 aromatic heterocycles. The van der Waals surface area contributed by atoms with Crippen LogP contribution in [-0.4, -0.2) is 37.0 Å². The van der Waals surface area contributed by atoms with Gasteiger partial charge in [-0.05, 0) is 0 Å². The van der Waals surface area contributed by atoms with Crippen molar-refractivity contribution in [1.82, 2.24) is 0 Å². The van der Waals surface area contributed by atoms with E-state index < -0.39 is 52.1 Å². The molecule has 0 spiro atoms.